The van der Waals surface area contributed by atoms with Crippen molar-refractivity contribution in [3.05, 3.63) is 30.4 Å². The normalized spacial score (nSPS) is 10.7. The molecule has 1 N–H and O–H groups in total. The first-order valence-electron chi connectivity index (χ1n) is 5.52. The highest BCUT2D eigenvalue weighted by atomic mass is 16.5. The molecule has 0 atom stereocenters. The van der Waals surface area contributed by atoms with Crippen LogP contribution in [0.15, 0.2) is 24.7 Å². The van der Waals surface area contributed by atoms with Gasteiger partial charge >= 0.3 is 0 Å². The van der Waals surface area contributed by atoms with E-state index in [1.54, 1.807) is 13.3 Å². The minimum atomic E-state index is 0.669. The monoisotopic (exact) mass is 235 g/mol. The van der Waals surface area contributed by atoms with E-state index < -0.39 is 0 Å². The number of ether oxygens (including phenoxy) is 1. The molecule has 0 saturated heterocycles. The molecule has 0 aliphatic rings. The van der Waals surface area contributed by atoms with E-state index in [-0.39, 0.29) is 0 Å². The van der Waals surface area contributed by atoms with Gasteiger partial charge in [-0.3, -0.25) is 9.36 Å². The molecule has 6 nitrogen and oxygen atoms in total. The standard InChI is InChI=1S/C11H17N5O/c1-15-11(3-4-13-15)8-12-10-7-14-16(9-10)5-6-17-2/h3-4,7,9,12H,5-6,8H2,1-2H3. The Bertz CT molecular complexity index is 462. The molecule has 6 heteroatoms. The second-order valence-electron chi connectivity index (χ2n) is 3.78. The number of nitrogens with one attached hydrogen (secondary N) is 1. The lowest BCUT2D eigenvalue weighted by atomic mass is 10.4. The Morgan fingerprint density at radius 2 is 2.29 bits per heavy atom. The lowest BCUT2D eigenvalue weighted by Crippen LogP contribution is -2.05. The van der Waals surface area contributed by atoms with Crippen molar-refractivity contribution in [3.8, 4) is 0 Å². The van der Waals surface area contributed by atoms with Crippen molar-refractivity contribution in [3.63, 3.8) is 0 Å². The number of nitrogens with zero attached hydrogens (tertiary/aromatic N) is 4. The number of aromatic nitrogens is 4. The summed E-state index contributed by atoms with van der Waals surface area (Å²) in [4.78, 5) is 0. The van der Waals surface area contributed by atoms with Gasteiger partial charge in [-0.05, 0) is 6.07 Å². The van der Waals surface area contributed by atoms with Crippen LogP contribution in [-0.2, 0) is 24.9 Å². The molecule has 2 aromatic heterocycles. The van der Waals surface area contributed by atoms with Crippen molar-refractivity contribution >= 4 is 5.69 Å². The summed E-state index contributed by atoms with van der Waals surface area (Å²) in [5.41, 5.74) is 2.14. The molecule has 17 heavy (non-hydrogen) atoms. The van der Waals surface area contributed by atoms with Crippen molar-refractivity contribution < 1.29 is 4.74 Å². The second-order valence-corrected chi connectivity index (χ2v) is 3.78. The maximum Gasteiger partial charge on any atom is 0.0729 e. The molecule has 2 rings (SSSR count). The third kappa shape index (κ3) is 3.07. The zero-order valence-electron chi connectivity index (χ0n) is 10.1. The van der Waals surface area contributed by atoms with E-state index in [0.29, 0.717) is 6.61 Å². The van der Waals surface area contributed by atoms with Gasteiger partial charge in [-0.15, -0.1) is 0 Å². The zero-order chi connectivity index (χ0) is 12.1. The van der Waals surface area contributed by atoms with Crippen LogP contribution in [0.5, 0.6) is 0 Å². The summed E-state index contributed by atoms with van der Waals surface area (Å²) < 4.78 is 8.70. The Kier molecular flexibility index (Phi) is 3.77. The highest BCUT2D eigenvalue weighted by Gasteiger charge is 2.00. The average molecular weight is 235 g/mol. The van der Waals surface area contributed by atoms with Crippen molar-refractivity contribution in [2.75, 3.05) is 19.0 Å². The summed E-state index contributed by atoms with van der Waals surface area (Å²) >= 11 is 0. The van der Waals surface area contributed by atoms with Crippen molar-refractivity contribution in [1.82, 2.24) is 19.6 Å². The average Bonchev–Trinajstić information content (AvgIpc) is 2.93. The number of hydrogen-bond donors (Lipinski definition) is 1. The van der Waals surface area contributed by atoms with Gasteiger partial charge in [0.2, 0.25) is 0 Å². The number of methoxy groups -OCH3 is 1. The third-order valence-electron chi connectivity index (χ3n) is 2.55. The lowest BCUT2D eigenvalue weighted by Gasteiger charge is -2.03. The van der Waals surface area contributed by atoms with Crippen LogP contribution in [0.25, 0.3) is 0 Å². The minimum Gasteiger partial charge on any atom is -0.383 e. The summed E-state index contributed by atoms with van der Waals surface area (Å²) in [5.74, 6) is 0. The van der Waals surface area contributed by atoms with Crippen LogP contribution in [-0.4, -0.2) is 33.3 Å². The van der Waals surface area contributed by atoms with Gasteiger partial charge in [0.25, 0.3) is 0 Å². The molecule has 0 bridgehead atoms. The smallest absolute Gasteiger partial charge is 0.0729 e. The summed E-state index contributed by atoms with van der Waals surface area (Å²) in [6, 6.07) is 1.99. The Balaban J connectivity index is 1.87. The second kappa shape index (κ2) is 5.49. The fourth-order valence-corrected chi connectivity index (χ4v) is 1.53. The molecule has 0 radical (unpaired) electrons. The van der Waals surface area contributed by atoms with Gasteiger partial charge in [0.1, 0.15) is 0 Å². The van der Waals surface area contributed by atoms with E-state index in [2.05, 4.69) is 15.5 Å². The fraction of sp³-hybridized carbons (Fsp3) is 0.455. The molecule has 0 saturated carbocycles. The maximum absolute atomic E-state index is 5.00. The first kappa shape index (κ1) is 11.7. The van der Waals surface area contributed by atoms with Crippen molar-refractivity contribution in [2.45, 2.75) is 13.1 Å². The molecular formula is C11H17N5O. The predicted octanol–water partition coefficient (Wildman–Crippen LogP) is 0.875. The van der Waals surface area contributed by atoms with Gasteiger partial charge in [-0.25, -0.2) is 0 Å². The quantitative estimate of drug-likeness (QED) is 0.807. The van der Waals surface area contributed by atoms with Crippen molar-refractivity contribution in [1.29, 1.82) is 0 Å². The van der Waals surface area contributed by atoms with E-state index in [4.69, 9.17) is 4.74 Å². The number of anilines is 1. The molecule has 0 aliphatic heterocycles. The van der Waals surface area contributed by atoms with E-state index in [1.165, 1.54) is 0 Å². The summed E-state index contributed by atoms with van der Waals surface area (Å²) in [6.07, 6.45) is 5.57. The molecule has 0 fully saturated rings. The third-order valence-corrected chi connectivity index (χ3v) is 2.55. The van der Waals surface area contributed by atoms with Crippen LogP contribution < -0.4 is 5.32 Å². The number of rotatable bonds is 6. The Morgan fingerprint density at radius 1 is 1.41 bits per heavy atom. The van der Waals surface area contributed by atoms with Gasteiger partial charge in [0, 0.05) is 26.6 Å². The zero-order valence-corrected chi connectivity index (χ0v) is 10.1. The predicted molar refractivity (Wildman–Crippen MR) is 64.6 cm³/mol. The van der Waals surface area contributed by atoms with E-state index in [9.17, 15) is 0 Å². The molecule has 0 unspecified atom stereocenters. The van der Waals surface area contributed by atoms with Crippen LogP contribution in [0, 0.1) is 0 Å². The molecule has 2 aromatic rings. The molecule has 0 aliphatic carbocycles. The van der Waals surface area contributed by atoms with Gasteiger partial charge in [0.05, 0.1) is 37.3 Å². The summed E-state index contributed by atoms with van der Waals surface area (Å²) in [6.45, 7) is 2.18. The van der Waals surface area contributed by atoms with Crippen LogP contribution in [0.3, 0.4) is 0 Å². The highest BCUT2D eigenvalue weighted by molar-refractivity contribution is 5.38. The first-order chi connectivity index (χ1) is 8.29. The first-order valence-corrected chi connectivity index (χ1v) is 5.52. The molecule has 0 amide bonds. The maximum atomic E-state index is 5.00. The molecule has 0 aromatic carbocycles. The van der Waals surface area contributed by atoms with E-state index in [0.717, 1.165) is 24.5 Å². The van der Waals surface area contributed by atoms with Crippen LogP contribution in [0.1, 0.15) is 5.69 Å². The SMILES string of the molecule is COCCn1cc(NCc2ccnn2C)cn1. The minimum absolute atomic E-state index is 0.669. The highest BCUT2D eigenvalue weighted by Crippen LogP contribution is 2.07. The van der Waals surface area contributed by atoms with Crippen LogP contribution in [0.2, 0.25) is 0 Å². The van der Waals surface area contributed by atoms with E-state index in [1.807, 2.05) is 34.9 Å². The van der Waals surface area contributed by atoms with Gasteiger partial charge < -0.3 is 10.1 Å². The van der Waals surface area contributed by atoms with Crippen LogP contribution >= 0.6 is 0 Å². The fourth-order valence-electron chi connectivity index (χ4n) is 1.53. The number of hydrogen-bond acceptors (Lipinski definition) is 4. The molecule has 2 heterocycles. The summed E-state index contributed by atoms with van der Waals surface area (Å²) in [7, 11) is 3.62. The summed E-state index contributed by atoms with van der Waals surface area (Å²) in [5, 5.41) is 11.6. The molecular weight excluding hydrogens is 218 g/mol. The van der Waals surface area contributed by atoms with E-state index >= 15 is 0 Å². The van der Waals surface area contributed by atoms with Crippen molar-refractivity contribution in [2.24, 2.45) is 7.05 Å². The van der Waals surface area contributed by atoms with Gasteiger partial charge in [0.15, 0.2) is 0 Å². The molecule has 0 spiro atoms. The number of aryl methyl sites for hydroxylation is 1. The lowest BCUT2D eigenvalue weighted by molar-refractivity contribution is 0.183. The largest absolute Gasteiger partial charge is 0.383 e. The van der Waals surface area contributed by atoms with Crippen LogP contribution in [0.4, 0.5) is 5.69 Å². The topological polar surface area (TPSA) is 56.9 Å². The Hall–Kier alpha value is -1.82. The molecule has 92 valence electrons. The Morgan fingerprint density at radius 3 is 3.00 bits per heavy atom. The van der Waals surface area contributed by atoms with Gasteiger partial charge in [-0.2, -0.15) is 10.2 Å². The van der Waals surface area contributed by atoms with Gasteiger partial charge in [-0.1, -0.05) is 0 Å². The Labute approximate surface area is 100 Å².